The second-order valence-corrected chi connectivity index (χ2v) is 7.02. The Bertz CT molecular complexity index is 804. The average molecular weight is 439 g/mol. The summed E-state index contributed by atoms with van der Waals surface area (Å²) in [6.45, 7) is 2.64. The van der Waals surface area contributed by atoms with Gasteiger partial charge in [-0.3, -0.25) is 14.9 Å². The molecule has 0 spiro atoms. The summed E-state index contributed by atoms with van der Waals surface area (Å²) in [4.78, 5) is 27.5. The summed E-state index contributed by atoms with van der Waals surface area (Å²) in [6.07, 6.45) is 4.09. The Morgan fingerprint density at radius 2 is 2.19 bits per heavy atom. The van der Waals surface area contributed by atoms with Gasteiger partial charge in [0.1, 0.15) is 5.75 Å². The molecule has 1 aromatic carbocycles. The van der Waals surface area contributed by atoms with Crippen LogP contribution in [0.5, 0.6) is 5.75 Å². The Morgan fingerprint density at radius 3 is 2.92 bits per heavy atom. The van der Waals surface area contributed by atoms with Gasteiger partial charge in [-0.25, -0.2) is 4.98 Å². The second kappa shape index (κ2) is 10.1. The number of ether oxygens (including phenoxy) is 2. The SMILES string of the molecule is CCCOc1ccc(Br)cc1/C=C/C(=O)Nc1nc(CC(=O)OC)cs1. The number of benzene rings is 1. The molecule has 1 N–H and O–H groups in total. The number of amides is 1. The van der Waals surface area contributed by atoms with Gasteiger partial charge in [-0.05, 0) is 30.7 Å². The third-order valence-corrected chi connectivity index (χ3v) is 4.48. The maximum absolute atomic E-state index is 12.1. The number of esters is 1. The highest BCUT2D eigenvalue weighted by molar-refractivity contribution is 9.10. The Hall–Kier alpha value is -2.19. The molecule has 6 nitrogen and oxygen atoms in total. The molecule has 0 aliphatic carbocycles. The van der Waals surface area contributed by atoms with Crippen molar-refractivity contribution in [2.24, 2.45) is 0 Å². The zero-order valence-corrected chi connectivity index (χ0v) is 16.9. The quantitative estimate of drug-likeness (QED) is 0.496. The fraction of sp³-hybridized carbons (Fsp3) is 0.278. The van der Waals surface area contributed by atoms with Gasteiger partial charge in [-0.15, -0.1) is 11.3 Å². The Balaban J connectivity index is 2.01. The molecule has 8 heteroatoms. The molecule has 0 unspecified atom stereocenters. The van der Waals surface area contributed by atoms with Crippen LogP contribution in [-0.2, 0) is 20.7 Å². The van der Waals surface area contributed by atoms with Gasteiger partial charge in [0.15, 0.2) is 5.13 Å². The van der Waals surface area contributed by atoms with Gasteiger partial charge in [-0.2, -0.15) is 0 Å². The minimum atomic E-state index is -0.373. The normalized spacial score (nSPS) is 10.7. The van der Waals surface area contributed by atoms with Crippen LogP contribution < -0.4 is 10.1 Å². The number of anilines is 1. The van der Waals surface area contributed by atoms with Crippen molar-refractivity contribution in [3.05, 3.63) is 45.4 Å². The van der Waals surface area contributed by atoms with Gasteiger partial charge < -0.3 is 9.47 Å². The molecular weight excluding hydrogens is 420 g/mol. The van der Waals surface area contributed by atoms with Crippen molar-refractivity contribution in [3.8, 4) is 5.75 Å². The summed E-state index contributed by atoms with van der Waals surface area (Å²) < 4.78 is 11.2. The van der Waals surface area contributed by atoms with Gasteiger partial charge in [0, 0.05) is 21.5 Å². The molecule has 0 atom stereocenters. The summed E-state index contributed by atoms with van der Waals surface area (Å²) in [5.74, 6) is 0.0291. The molecule has 2 rings (SSSR count). The number of rotatable bonds is 8. The number of carbonyl (C=O) groups excluding carboxylic acids is 2. The highest BCUT2D eigenvalue weighted by atomic mass is 79.9. The summed E-state index contributed by atoms with van der Waals surface area (Å²) >= 11 is 4.67. The monoisotopic (exact) mass is 438 g/mol. The van der Waals surface area contributed by atoms with E-state index in [2.05, 4.69) is 31.0 Å². The molecular formula is C18H19BrN2O4S. The van der Waals surface area contributed by atoms with Crippen molar-refractivity contribution in [2.45, 2.75) is 19.8 Å². The first-order valence-corrected chi connectivity index (χ1v) is 9.61. The molecule has 1 aromatic heterocycles. The van der Waals surface area contributed by atoms with Crippen molar-refractivity contribution >= 4 is 50.4 Å². The molecule has 0 saturated carbocycles. The lowest BCUT2D eigenvalue weighted by Gasteiger charge is -2.08. The first kappa shape index (κ1) is 20.1. The molecule has 0 aliphatic rings. The van der Waals surface area contributed by atoms with Crippen LogP contribution >= 0.6 is 27.3 Å². The van der Waals surface area contributed by atoms with Crippen LogP contribution in [0, 0.1) is 0 Å². The van der Waals surface area contributed by atoms with Gasteiger partial charge in [0.05, 0.1) is 25.8 Å². The van der Waals surface area contributed by atoms with Crippen molar-refractivity contribution in [2.75, 3.05) is 19.0 Å². The third-order valence-electron chi connectivity index (χ3n) is 3.18. The van der Waals surface area contributed by atoms with Crippen molar-refractivity contribution < 1.29 is 19.1 Å². The molecule has 1 amide bonds. The maximum Gasteiger partial charge on any atom is 0.311 e. The van der Waals surface area contributed by atoms with Crippen LogP contribution in [0.1, 0.15) is 24.6 Å². The first-order chi connectivity index (χ1) is 12.5. The predicted molar refractivity (Wildman–Crippen MR) is 105 cm³/mol. The summed E-state index contributed by atoms with van der Waals surface area (Å²) in [6, 6.07) is 5.63. The van der Waals surface area contributed by atoms with Crippen molar-refractivity contribution in [1.82, 2.24) is 4.98 Å². The van der Waals surface area contributed by atoms with Crippen LogP contribution in [0.2, 0.25) is 0 Å². The van der Waals surface area contributed by atoms with Crippen LogP contribution in [0.25, 0.3) is 6.08 Å². The topological polar surface area (TPSA) is 77.5 Å². The first-order valence-electron chi connectivity index (χ1n) is 7.94. The molecule has 26 heavy (non-hydrogen) atoms. The number of hydrogen-bond acceptors (Lipinski definition) is 6. The van der Waals surface area contributed by atoms with Crippen LogP contribution in [0.3, 0.4) is 0 Å². The lowest BCUT2D eigenvalue weighted by molar-refractivity contribution is -0.139. The fourth-order valence-electron chi connectivity index (χ4n) is 1.97. The van der Waals surface area contributed by atoms with E-state index in [0.29, 0.717) is 23.2 Å². The highest BCUT2D eigenvalue weighted by Gasteiger charge is 2.09. The van der Waals surface area contributed by atoms with Crippen molar-refractivity contribution in [3.63, 3.8) is 0 Å². The van der Waals surface area contributed by atoms with E-state index in [1.165, 1.54) is 24.5 Å². The second-order valence-electron chi connectivity index (χ2n) is 5.25. The maximum atomic E-state index is 12.1. The zero-order valence-electron chi connectivity index (χ0n) is 14.5. The highest BCUT2D eigenvalue weighted by Crippen LogP contribution is 2.25. The third kappa shape index (κ3) is 6.27. The molecule has 0 aliphatic heterocycles. The smallest absolute Gasteiger partial charge is 0.311 e. The Kier molecular flexibility index (Phi) is 7.80. The predicted octanol–water partition coefficient (Wildman–Crippen LogP) is 4.06. The molecule has 0 fully saturated rings. The van der Waals surface area contributed by atoms with E-state index in [0.717, 1.165) is 16.5 Å². The van der Waals surface area contributed by atoms with E-state index in [1.54, 1.807) is 11.5 Å². The standard InChI is InChI=1S/C18H19BrN2O4S/c1-3-8-25-15-6-5-13(19)9-12(15)4-7-16(22)21-18-20-14(11-26-18)10-17(23)24-2/h4-7,9,11H,3,8,10H2,1-2H3,(H,20,21,22)/b7-4+. The minimum absolute atomic E-state index is 0.0783. The van der Waals surface area contributed by atoms with Crippen LogP contribution in [-0.4, -0.2) is 30.6 Å². The largest absolute Gasteiger partial charge is 0.493 e. The summed E-state index contributed by atoms with van der Waals surface area (Å²) in [7, 11) is 1.32. The summed E-state index contributed by atoms with van der Waals surface area (Å²) in [5, 5.41) is 4.81. The van der Waals surface area contributed by atoms with E-state index < -0.39 is 0 Å². The van der Waals surface area contributed by atoms with Crippen LogP contribution in [0.15, 0.2) is 34.1 Å². The number of nitrogens with one attached hydrogen (secondary N) is 1. The molecule has 0 bridgehead atoms. The van der Waals surface area contributed by atoms with Crippen molar-refractivity contribution in [1.29, 1.82) is 0 Å². The Morgan fingerprint density at radius 1 is 1.38 bits per heavy atom. The van der Waals surface area contributed by atoms with Gasteiger partial charge in [-0.1, -0.05) is 22.9 Å². The average Bonchev–Trinajstić information content (AvgIpc) is 3.05. The molecule has 2 aromatic rings. The van der Waals surface area contributed by atoms with E-state index in [-0.39, 0.29) is 18.3 Å². The molecule has 1 heterocycles. The van der Waals surface area contributed by atoms with Gasteiger partial charge in [0.25, 0.3) is 0 Å². The number of carbonyl (C=O) groups is 2. The van der Waals surface area contributed by atoms with Crippen LogP contribution in [0.4, 0.5) is 5.13 Å². The zero-order chi connectivity index (χ0) is 18.9. The van der Waals surface area contributed by atoms with Gasteiger partial charge in [0.2, 0.25) is 5.91 Å². The summed E-state index contributed by atoms with van der Waals surface area (Å²) in [5.41, 5.74) is 1.36. The minimum Gasteiger partial charge on any atom is -0.493 e. The Labute approximate surface area is 164 Å². The number of halogens is 1. The molecule has 138 valence electrons. The van der Waals surface area contributed by atoms with E-state index in [1.807, 2.05) is 25.1 Å². The number of thiazole rings is 1. The van der Waals surface area contributed by atoms with E-state index >= 15 is 0 Å². The lowest BCUT2D eigenvalue weighted by Crippen LogP contribution is -2.08. The fourth-order valence-corrected chi connectivity index (χ4v) is 3.06. The van der Waals surface area contributed by atoms with E-state index in [9.17, 15) is 9.59 Å². The van der Waals surface area contributed by atoms with E-state index in [4.69, 9.17) is 4.74 Å². The number of methoxy groups -OCH3 is 1. The molecule has 0 radical (unpaired) electrons. The lowest BCUT2D eigenvalue weighted by atomic mass is 10.2. The number of nitrogens with zero attached hydrogens (tertiary/aromatic N) is 1. The number of hydrogen-bond donors (Lipinski definition) is 1. The number of aromatic nitrogens is 1. The van der Waals surface area contributed by atoms with Gasteiger partial charge >= 0.3 is 5.97 Å². The molecule has 0 saturated heterocycles.